The van der Waals surface area contributed by atoms with E-state index in [4.69, 9.17) is 21.1 Å². The molecule has 0 radical (unpaired) electrons. The third kappa shape index (κ3) is 4.07. The number of H-pyrrole nitrogens is 1. The molecule has 1 aliphatic carbocycles. The lowest BCUT2D eigenvalue weighted by molar-refractivity contribution is 0.233. The van der Waals surface area contributed by atoms with Crippen molar-refractivity contribution >= 4 is 11.6 Å². The van der Waals surface area contributed by atoms with Crippen LogP contribution in [0.15, 0.2) is 39.6 Å². The Morgan fingerprint density at radius 3 is 2.77 bits per heavy atom. The summed E-state index contributed by atoms with van der Waals surface area (Å²) in [5.74, 6) is 2.03. The van der Waals surface area contributed by atoms with E-state index in [9.17, 15) is 4.79 Å². The van der Waals surface area contributed by atoms with Crippen molar-refractivity contribution in [3.05, 3.63) is 68.5 Å². The first-order chi connectivity index (χ1) is 14.7. The van der Waals surface area contributed by atoms with Gasteiger partial charge in [0.25, 0.3) is 5.56 Å². The third-order valence-corrected chi connectivity index (χ3v) is 6.48. The van der Waals surface area contributed by atoms with E-state index in [-0.39, 0.29) is 5.56 Å². The van der Waals surface area contributed by atoms with Gasteiger partial charge >= 0.3 is 0 Å². The van der Waals surface area contributed by atoms with Crippen LogP contribution in [0.2, 0.25) is 5.02 Å². The fraction of sp³-hybridized carbons (Fsp3) is 0.435. The number of hydrogen-bond acceptors (Lipinski definition) is 5. The molecule has 1 saturated carbocycles. The van der Waals surface area contributed by atoms with Crippen molar-refractivity contribution in [3.63, 3.8) is 0 Å². The molecule has 0 unspecified atom stereocenters. The van der Waals surface area contributed by atoms with Crippen LogP contribution >= 0.6 is 11.6 Å². The molecule has 3 aromatic rings. The molecule has 0 saturated heterocycles. The predicted molar refractivity (Wildman–Crippen MR) is 115 cm³/mol. The molecule has 0 spiro atoms. The van der Waals surface area contributed by atoms with Crippen LogP contribution < -0.4 is 5.56 Å². The lowest BCUT2D eigenvalue weighted by Crippen LogP contribution is -2.36. The largest absolute Gasteiger partial charge is 0.356 e. The van der Waals surface area contributed by atoms with Gasteiger partial charge in [-0.2, -0.15) is 0 Å². The van der Waals surface area contributed by atoms with Gasteiger partial charge in [-0.25, -0.2) is 4.98 Å². The molecule has 1 aromatic carbocycles. The summed E-state index contributed by atoms with van der Waals surface area (Å²) in [5.41, 5.74) is 3.58. The lowest BCUT2D eigenvalue weighted by Gasteiger charge is -2.28. The van der Waals surface area contributed by atoms with Crippen LogP contribution in [0.1, 0.15) is 60.8 Å². The second-order valence-electron chi connectivity index (χ2n) is 8.36. The smallest absolute Gasteiger partial charge is 0.255 e. The minimum absolute atomic E-state index is 0.0206. The van der Waals surface area contributed by atoms with Crippen molar-refractivity contribution in [2.24, 2.45) is 0 Å². The maximum Gasteiger partial charge on any atom is 0.255 e. The fourth-order valence-electron chi connectivity index (χ4n) is 4.57. The molecule has 7 heteroatoms. The van der Waals surface area contributed by atoms with Gasteiger partial charge in [-0.05, 0) is 37.1 Å². The second-order valence-corrected chi connectivity index (χ2v) is 8.80. The predicted octanol–water partition coefficient (Wildman–Crippen LogP) is 4.68. The summed E-state index contributed by atoms with van der Waals surface area (Å²) >= 11 is 5.95. The van der Waals surface area contributed by atoms with Crippen molar-refractivity contribution in [2.75, 3.05) is 6.54 Å². The third-order valence-electron chi connectivity index (χ3n) is 6.23. The van der Waals surface area contributed by atoms with Crippen molar-refractivity contribution < 1.29 is 4.52 Å². The normalized spacial score (nSPS) is 17.8. The van der Waals surface area contributed by atoms with Gasteiger partial charge < -0.3 is 9.51 Å². The van der Waals surface area contributed by atoms with Gasteiger partial charge in [-0.3, -0.25) is 9.69 Å². The SMILES string of the molecule is O=c1[nH]c(C2CCCCC2)nc2c1CN(Cc1cc(-c3ccc(Cl)cc3)on1)CC2. The molecule has 2 aliphatic rings. The number of nitrogens with zero attached hydrogens (tertiary/aromatic N) is 3. The summed E-state index contributed by atoms with van der Waals surface area (Å²) < 4.78 is 5.51. The van der Waals surface area contributed by atoms with E-state index >= 15 is 0 Å². The number of fused-ring (bicyclic) bond motifs is 1. The van der Waals surface area contributed by atoms with Gasteiger partial charge in [0, 0.05) is 48.6 Å². The first-order valence-electron chi connectivity index (χ1n) is 10.7. The monoisotopic (exact) mass is 424 g/mol. The van der Waals surface area contributed by atoms with Crippen LogP contribution in [-0.4, -0.2) is 26.6 Å². The lowest BCUT2D eigenvalue weighted by atomic mass is 9.88. The Hall–Kier alpha value is -2.44. The van der Waals surface area contributed by atoms with Crippen molar-refractivity contribution in [2.45, 2.75) is 57.5 Å². The maximum absolute atomic E-state index is 12.8. The number of nitrogens with one attached hydrogen (secondary N) is 1. The zero-order valence-corrected chi connectivity index (χ0v) is 17.6. The average Bonchev–Trinajstić information content (AvgIpc) is 3.23. The molecule has 2 aromatic heterocycles. The Balaban J connectivity index is 1.29. The van der Waals surface area contributed by atoms with Crippen molar-refractivity contribution in [3.8, 4) is 11.3 Å². The van der Waals surface area contributed by atoms with E-state index in [1.807, 2.05) is 30.3 Å². The highest BCUT2D eigenvalue weighted by molar-refractivity contribution is 6.30. The van der Waals surface area contributed by atoms with Gasteiger partial charge in [0.15, 0.2) is 5.76 Å². The maximum atomic E-state index is 12.8. The molecule has 1 N–H and O–H groups in total. The Morgan fingerprint density at radius 2 is 1.97 bits per heavy atom. The second kappa shape index (κ2) is 8.36. The Morgan fingerprint density at radius 1 is 1.17 bits per heavy atom. The summed E-state index contributed by atoms with van der Waals surface area (Å²) in [6, 6.07) is 9.45. The fourth-order valence-corrected chi connectivity index (χ4v) is 4.70. The van der Waals surface area contributed by atoms with Crippen LogP contribution in [-0.2, 0) is 19.5 Å². The molecular weight excluding hydrogens is 400 g/mol. The van der Waals surface area contributed by atoms with Crippen LogP contribution in [0.3, 0.4) is 0 Å². The van der Waals surface area contributed by atoms with E-state index in [0.29, 0.717) is 24.0 Å². The van der Waals surface area contributed by atoms with Gasteiger partial charge in [0.2, 0.25) is 0 Å². The highest BCUT2D eigenvalue weighted by Crippen LogP contribution is 2.31. The highest BCUT2D eigenvalue weighted by atomic mass is 35.5. The quantitative estimate of drug-likeness (QED) is 0.657. The van der Waals surface area contributed by atoms with Crippen LogP contribution in [0.5, 0.6) is 0 Å². The standard InChI is InChI=1S/C23H25ClN4O2/c24-17-8-6-15(7-9-17)21-12-18(27-30-21)13-28-11-10-20-19(14-28)23(29)26-22(25-20)16-4-2-1-3-5-16/h6-9,12,16H,1-5,10-11,13-14H2,(H,25,26,29). The number of hydrogen-bond donors (Lipinski definition) is 1. The molecule has 1 fully saturated rings. The number of halogens is 1. The van der Waals surface area contributed by atoms with E-state index < -0.39 is 0 Å². The van der Waals surface area contributed by atoms with Crippen molar-refractivity contribution in [1.29, 1.82) is 0 Å². The zero-order chi connectivity index (χ0) is 20.5. The molecule has 6 nitrogen and oxygen atoms in total. The molecule has 5 rings (SSSR count). The highest BCUT2D eigenvalue weighted by Gasteiger charge is 2.25. The van der Waals surface area contributed by atoms with Crippen LogP contribution in [0.25, 0.3) is 11.3 Å². The van der Waals surface area contributed by atoms with Gasteiger partial charge in [0.05, 0.1) is 17.0 Å². The molecule has 1 aliphatic heterocycles. The number of benzene rings is 1. The summed E-state index contributed by atoms with van der Waals surface area (Å²) in [7, 11) is 0. The molecule has 156 valence electrons. The van der Waals surface area contributed by atoms with Gasteiger partial charge in [-0.15, -0.1) is 0 Å². The Labute approximate surface area is 180 Å². The summed E-state index contributed by atoms with van der Waals surface area (Å²) in [4.78, 5) is 22.9. The first-order valence-corrected chi connectivity index (χ1v) is 11.1. The van der Waals surface area contributed by atoms with E-state index in [1.165, 1.54) is 19.3 Å². The Bertz CT molecular complexity index is 1080. The summed E-state index contributed by atoms with van der Waals surface area (Å²) in [5, 5.41) is 4.90. The topological polar surface area (TPSA) is 75.0 Å². The van der Waals surface area contributed by atoms with E-state index in [0.717, 1.165) is 59.9 Å². The first kappa shape index (κ1) is 19.5. The minimum atomic E-state index is 0.0206. The molecule has 0 bridgehead atoms. The van der Waals surface area contributed by atoms with Gasteiger partial charge in [-0.1, -0.05) is 36.0 Å². The molecular formula is C23H25ClN4O2. The van der Waals surface area contributed by atoms with Crippen molar-refractivity contribution in [1.82, 2.24) is 20.0 Å². The zero-order valence-electron chi connectivity index (χ0n) is 16.9. The number of rotatable bonds is 4. The Kier molecular flexibility index (Phi) is 5.44. The van der Waals surface area contributed by atoms with E-state index in [2.05, 4.69) is 15.0 Å². The number of aromatic amines is 1. The van der Waals surface area contributed by atoms with Crippen LogP contribution in [0.4, 0.5) is 0 Å². The molecule has 0 atom stereocenters. The molecule has 0 amide bonds. The van der Waals surface area contributed by atoms with E-state index in [1.54, 1.807) is 0 Å². The number of aromatic nitrogens is 3. The summed E-state index contributed by atoms with van der Waals surface area (Å²) in [6.07, 6.45) is 6.82. The molecule has 3 heterocycles. The van der Waals surface area contributed by atoms with Crippen LogP contribution in [0, 0.1) is 0 Å². The molecule has 30 heavy (non-hydrogen) atoms. The average molecular weight is 425 g/mol. The minimum Gasteiger partial charge on any atom is -0.356 e. The summed E-state index contributed by atoms with van der Waals surface area (Å²) in [6.45, 7) is 2.09. The van der Waals surface area contributed by atoms with Gasteiger partial charge in [0.1, 0.15) is 5.82 Å².